The smallest absolute Gasteiger partial charge is 0.122 e. The zero-order valence-electron chi connectivity index (χ0n) is 9.67. The summed E-state index contributed by atoms with van der Waals surface area (Å²) in [6.45, 7) is 8.67. The molecule has 1 heterocycles. The normalized spacial score (nSPS) is 12.0. The zero-order chi connectivity index (χ0) is 10.6. The van der Waals surface area contributed by atoms with Crippen LogP contribution in [0, 0.1) is 5.41 Å². The SMILES string of the molecule is CCC(C)(C)CNCc1nccn1C. The van der Waals surface area contributed by atoms with E-state index in [1.54, 1.807) is 0 Å². The average Bonchev–Trinajstić information content (AvgIpc) is 2.52. The fourth-order valence-electron chi connectivity index (χ4n) is 1.20. The van der Waals surface area contributed by atoms with Crippen LogP contribution in [0.5, 0.6) is 0 Å². The quantitative estimate of drug-likeness (QED) is 0.778. The molecule has 1 N–H and O–H groups in total. The van der Waals surface area contributed by atoms with E-state index in [9.17, 15) is 0 Å². The topological polar surface area (TPSA) is 29.9 Å². The summed E-state index contributed by atoms with van der Waals surface area (Å²) in [6.07, 6.45) is 5.00. The van der Waals surface area contributed by atoms with Gasteiger partial charge in [-0.2, -0.15) is 0 Å². The fourth-order valence-corrected chi connectivity index (χ4v) is 1.20. The highest BCUT2D eigenvalue weighted by Crippen LogP contribution is 2.17. The van der Waals surface area contributed by atoms with Gasteiger partial charge in [-0.1, -0.05) is 20.8 Å². The first kappa shape index (κ1) is 11.2. The Balaban J connectivity index is 2.32. The molecule has 0 unspecified atom stereocenters. The van der Waals surface area contributed by atoms with Crippen molar-refractivity contribution in [2.75, 3.05) is 6.54 Å². The summed E-state index contributed by atoms with van der Waals surface area (Å²) in [5.74, 6) is 1.09. The van der Waals surface area contributed by atoms with Crippen LogP contribution >= 0.6 is 0 Å². The molecule has 1 rings (SSSR count). The van der Waals surface area contributed by atoms with Crippen molar-refractivity contribution in [3.05, 3.63) is 18.2 Å². The lowest BCUT2D eigenvalue weighted by Crippen LogP contribution is -2.29. The summed E-state index contributed by atoms with van der Waals surface area (Å²) >= 11 is 0. The molecule has 0 aliphatic heterocycles. The van der Waals surface area contributed by atoms with Gasteiger partial charge in [0.05, 0.1) is 6.54 Å². The zero-order valence-corrected chi connectivity index (χ0v) is 9.67. The van der Waals surface area contributed by atoms with Gasteiger partial charge in [0.2, 0.25) is 0 Å². The van der Waals surface area contributed by atoms with Gasteiger partial charge >= 0.3 is 0 Å². The van der Waals surface area contributed by atoms with Crippen molar-refractivity contribution in [3.63, 3.8) is 0 Å². The minimum absolute atomic E-state index is 0.380. The van der Waals surface area contributed by atoms with Crippen LogP contribution in [0.4, 0.5) is 0 Å². The van der Waals surface area contributed by atoms with Gasteiger partial charge in [0.1, 0.15) is 5.82 Å². The number of aromatic nitrogens is 2. The van der Waals surface area contributed by atoms with Crippen LogP contribution in [0.15, 0.2) is 12.4 Å². The molecule has 80 valence electrons. The largest absolute Gasteiger partial charge is 0.337 e. The van der Waals surface area contributed by atoms with Gasteiger partial charge in [-0.3, -0.25) is 0 Å². The van der Waals surface area contributed by atoms with Crippen LogP contribution < -0.4 is 5.32 Å². The van der Waals surface area contributed by atoms with E-state index >= 15 is 0 Å². The van der Waals surface area contributed by atoms with E-state index in [1.165, 1.54) is 6.42 Å². The Hall–Kier alpha value is -0.830. The number of hydrogen-bond acceptors (Lipinski definition) is 2. The Morgan fingerprint density at radius 3 is 2.71 bits per heavy atom. The van der Waals surface area contributed by atoms with Crippen LogP contribution in [0.25, 0.3) is 0 Å². The number of rotatable bonds is 5. The first-order valence-corrected chi connectivity index (χ1v) is 5.22. The monoisotopic (exact) mass is 195 g/mol. The molecule has 0 fully saturated rings. The fraction of sp³-hybridized carbons (Fsp3) is 0.727. The van der Waals surface area contributed by atoms with E-state index in [0.29, 0.717) is 5.41 Å². The predicted octanol–water partition coefficient (Wildman–Crippen LogP) is 1.95. The van der Waals surface area contributed by atoms with Gasteiger partial charge in [0.25, 0.3) is 0 Å². The summed E-state index contributed by atoms with van der Waals surface area (Å²) in [5, 5.41) is 3.44. The molecule has 14 heavy (non-hydrogen) atoms. The number of aryl methyl sites for hydroxylation is 1. The van der Waals surface area contributed by atoms with Gasteiger partial charge in [0.15, 0.2) is 0 Å². The lowest BCUT2D eigenvalue weighted by molar-refractivity contribution is 0.325. The lowest BCUT2D eigenvalue weighted by Gasteiger charge is -2.22. The highest BCUT2D eigenvalue weighted by atomic mass is 15.1. The van der Waals surface area contributed by atoms with Crippen LogP contribution in [0.3, 0.4) is 0 Å². The Bertz CT molecular complexity index is 276. The molecule has 0 radical (unpaired) electrons. The molecule has 0 amide bonds. The molecule has 0 aliphatic carbocycles. The molecule has 0 saturated carbocycles. The number of nitrogens with zero attached hydrogens (tertiary/aromatic N) is 2. The molecule has 0 bridgehead atoms. The molecule has 1 aromatic rings. The molecule has 0 aliphatic rings. The third-order valence-electron chi connectivity index (χ3n) is 2.76. The summed E-state index contributed by atoms with van der Waals surface area (Å²) in [4.78, 5) is 4.26. The standard InChI is InChI=1S/C11H21N3/c1-5-11(2,3)9-12-8-10-13-6-7-14(10)4/h6-7,12H,5,8-9H2,1-4H3. The number of nitrogens with one attached hydrogen (secondary N) is 1. The predicted molar refractivity (Wildman–Crippen MR) is 59.0 cm³/mol. The molecule has 0 atom stereocenters. The molecular formula is C11H21N3. The number of hydrogen-bond donors (Lipinski definition) is 1. The maximum atomic E-state index is 4.26. The second-order valence-electron chi connectivity index (χ2n) is 4.58. The first-order chi connectivity index (χ1) is 6.55. The van der Waals surface area contributed by atoms with Crippen molar-refractivity contribution >= 4 is 0 Å². The molecule has 3 heteroatoms. The second-order valence-corrected chi connectivity index (χ2v) is 4.58. The Morgan fingerprint density at radius 2 is 2.21 bits per heavy atom. The highest BCUT2D eigenvalue weighted by molar-refractivity contribution is 4.90. The number of imidazole rings is 1. The van der Waals surface area contributed by atoms with Gasteiger partial charge in [-0.05, 0) is 11.8 Å². The maximum Gasteiger partial charge on any atom is 0.122 e. The van der Waals surface area contributed by atoms with Crippen LogP contribution in [0.1, 0.15) is 33.0 Å². The molecule has 0 saturated heterocycles. The van der Waals surface area contributed by atoms with Gasteiger partial charge in [-0.15, -0.1) is 0 Å². The molecule has 3 nitrogen and oxygen atoms in total. The minimum Gasteiger partial charge on any atom is -0.337 e. The Labute approximate surface area is 86.5 Å². The summed E-state index contributed by atoms with van der Waals surface area (Å²) in [7, 11) is 2.02. The summed E-state index contributed by atoms with van der Waals surface area (Å²) in [5.41, 5.74) is 0.380. The first-order valence-electron chi connectivity index (χ1n) is 5.22. The van der Waals surface area contributed by atoms with E-state index in [1.807, 2.05) is 24.0 Å². The van der Waals surface area contributed by atoms with Crippen molar-refractivity contribution in [1.82, 2.24) is 14.9 Å². The van der Waals surface area contributed by atoms with E-state index < -0.39 is 0 Å². The van der Waals surface area contributed by atoms with E-state index in [4.69, 9.17) is 0 Å². The van der Waals surface area contributed by atoms with E-state index in [2.05, 4.69) is 31.1 Å². The van der Waals surface area contributed by atoms with Crippen molar-refractivity contribution in [2.24, 2.45) is 12.5 Å². The molecular weight excluding hydrogens is 174 g/mol. The van der Waals surface area contributed by atoms with Crippen molar-refractivity contribution in [1.29, 1.82) is 0 Å². The van der Waals surface area contributed by atoms with Crippen molar-refractivity contribution in [2.45, 2.75) is 33.7 Å². The second kappa shape index (κ2) is 4.60. The molecule has 1 aromatic heterocycles. The van der Waals surface area contributed by atoms with Crippen LogP contribution in [0.2, 0.25) is 0 Å². The third-order valence-corrected chi connectivity index (χ3v) is 2.76. The van der Waals surface area contributed by atoms with Crippen LogP contribution in [-0.2, 0) is 13.6 Å². The molecule has 0 aromatic carbocycles. The summed E-state index contributed by atoms with van der Waals surface area (Å²) < 4.78 is 2.05. The lowest BCUT2D eigenvalue weighted by atomic mass is 9.90. The minimum atomic E-state index is 0.380. The van der Waals surface area contributed by atoms with Gasteiger partial charge in [-0.25, -0.2) is 4.98 Å². The average molecular weight is 195 g/mol. The van der Waals surface area contributed by atoms with E-state index in [0.717, 1.165) is 18.9 Å². The summed E-state index contributed by atoms with van der Waals surface area (Å²) in [6, 6.07) is 0. The van der Waals surface area contributed by atoms with Gasteiger partial charge in [0, 0.05) is 26.0 Å². The van der Waals surface area contributed by atoms with Crippen molar-refractivity contribution in [3.8, 4) is 0 Å². The Morgan fingerprint density at radius 1 is 1.50 bits per heavy atom. The highest BCUT2D eigenvalue weighted by Gasteiger charge is 2.14. The van der Waals surface area contributed by atoms with E-state index in [-0.39, 0.29) is 0 Å². The molecule has 0 spiro atoms. The van der Waals surface area contributed by atoms with Gasteiger partial charge < -0.3 is 9.88 Å². The Kier molecular flexibility index (Phi) is 3.69. The van der Waals surface area contributed by atoms with Crippen LogP contribution in [-0.4, -0.2) is 16.1 Å². The maximum absolute atomic E-state index is 4.26. The van der Waals surface area contributed by atoms with Crippen molar-refractivity contribution < 1.29 is 0 Å². The third kappa shape index (κ3) is 3.14.